The number of nitrogens with zero attached hydrogens (tertiary/aromatic N) is 2. The van der Waals surface area contributed by atoms with E-state index in [-0.39, 0.29) is 5.37 Å². The lowest BCUT2D eigenvalue weighted by molar-refractivity contribution is 0.757. The summed E-state index contributed by atoms with van der Waals surface area (Å²) in [7, 11) is 0. The number of hydrogen-bond acceptors (Lipinski definition) is 3. The van der Waals surface area contributed by atoms with Crippen molar-refractivity contribution in [3.63, 3.8) is 0 Å². The largest absolute Gasteiger partial charge is 0.369 e. The molecule has 0 saturated carbocycles. The van der Waals surface area contributed by atoms with Gasteiger partial charge in [-0.3, -0.25) is 0 Å². The molecular weight excluding hydrogens is 134 g/mol. The van der Waals surface area contributed by atoms with Crippen molar-refractivity contribution in [3.8, 4) is 0 Å². The zero-order valence-corrected chi connectivity index (χ0v) is 6.05. The number of rotatable bonds is 1. The highest BCUT2D eigenvalue weighted by Gasteiger charge is 1.99. The van der Waals surface area contributed by atoms with Crippen molar-refractivity contribution >= 4 is 18.6 Å². The fourth-order valence-corrected chi connectivity index (χ4v) is 0.836. The van der Waals surface area contributed by atoms with Gasteiger partial charge in [-0.05, 0) is 6.92 Å². The van der Waals surface area contributed by atoms with E-state index in [0.29, 0.717) is 5.95 Å². The average molecular weight is 143 g/mol. The Balaban J connectivity index is 2.94. The highest BCUT2D eigenvalue weighted by Crippen LogP contribution is 2.12. The number of imidazole rings is 1. The van der Waals surface area contributed by atoms with Gasteiger partial charge in [-0.2, -0.15) is 12.6 Å². The number of nitrogen functional groups attached to an aromatic ring is 1. The fraction of sp³-hybridized carbons (Fsp3) is 0.400. The first-order chi connectivity index (χ1) is 4.22. The van der Waals surface area contributed by atoms with Crippen LogP contribution >= 0.6 is 12.6 Å². The molecule has 0 aromatic carbocycles. The molecule has 3 nitrogen and oxygen atoms in total. The third kappa shape index (κ3) is 1.18. The minimum atomic E-state index is 0.104. The molecule has 1 rings (SSSR count). The van der Waals surface area contributed by atoms with Gasteiger partial charge in [0.1, 0.15) is 0 Å². The van der Waals surface area contributed by atoms with Gasteiger partial charge >= 0.3 is 0 Å². The summed E-state index contributed by atoms with van der Waals surface area (Å²) in [5.74, 6) is 0.512. The van der Waals surface area contributed by atoms with Gasteiger partial charge < -0.3 is 10.3 Å². The second-order valence-corrected chi connectivity index (χ2v) is 2.57. The molecule has 1 aromatic heterocycles. The first kappa shape index (κ1) is 6.48. The molecule has 0 amide bonds. The summed E-state index contributed by atoms with van der Waals surface area (Å²) in [6.07, 6.45) is 3.45. The smallest absolute Gasteiger partial charge is 0.201 e. The Morgan fingerprint density at radius 1 is 1.89 bits per heavy atom. The van der Waals surface area contributed by atoms with Crippen LogP contribution in [0.25, 0.3) is 0 Å². The van der Waals surface area contributed by atoms with E-state index in [9.17, 15) is 0 Å². The fourth-order valence-electron chi connectivity index (χ4n) is 0.641. The summed E-state index contributed by atoms with van der Waals surface area (Å²) < 4.78 is 1.78. The van der Waals surface area contributed by atoms with E-state index in [0.717, 1.165) is 0 Å². The third-order valence-corrected chi connectivity index (χ3v) is 1.35. The van der Waals surface area contributed by atoms with Gasteiger partial charge in [0.05, 0.1) is 5.37 Å². The van der Waals surface area contributed by atoms with Crippen LogP contribution in [0.3, 0.4) is 0 Å². The second-order valence-electron chi connectivity index (χ2n) is 1.82. The van der Waals surface area contributed by atoms with E-state index < -0.39 is 0 Å². The molecule has 0 aliphatic carbocycles. The summed E-state index contributed by atoms with van der Waals surface area (Å²) in [6, 6.07) is 0. The molecule has 0 aliphatic heterocycles. The zero-order valence-electron chi connectivity index (χ0n) is 5.15. The Kier molecular flexibility index (Phi) is 1.66. The van der Waals surface area contributed by atoms with E-state index in [1.807, 2.05) is 6.92 Å². The molecule has 1 heterocycles. The lowest BCUT2D eigenvalue weighted by atomic mass is 10.7. The molecule has 1 unspecified atom stereocenters. The van der Waals surface area contributed by atoms with Crippen LogP contribution in [0.15, 0.2) is 12.4 Å². The summed E-state index contributed by atoms with van der Waals surface area (Å²) in [5, 5.41) is 0.104. The maximum Gasteiger partial charge on any atom is 0.201 e. The van der Waals surface area contributed by atoms with Crippen molar-refractivity contribution < 1.29 is 0 Å². The van der Waals surface area contributed by atoms with Gasteiger partial charge in [-0.1, -0.05) is 0 Å². The topological polar surface area (TPSA) is 43.8 Å². The molecule has 0 spiro atoms. The summed E-state index contributed by atoms with van der Waals surface area (Å²) in [6.45, 7) is 1.93. The summed E-state index contributed by atoms with van der Waals surface area (Å²) >= 11 is 4.17. The number of nitrogens with two attached hydrogens (primary N) is 1. The van der Waals surface area contributed by atoms with Crippen LogP contribution in [-0.4, -0.2) is 9.55 Å². The van der Waals surface area contributed by atoms with Gasteiger partial charge in [0.15, 0.2) is 0 Å². The molecule has 0 saturated heterocycles. The Hall–Kier alpha value is -0.640. The van der Waals surface area contributed by atoms with Crippen LogP contribution in [0.2, 0.25) is 0 Å². The molecule has 2 N–H and O–H groups in total. The number of hydrogen-bond donors (Lipinski definition) is 2. The van der Waals surface area contributed by atoms with Crippen LogP contribution < -0.4 is 5.73 Å². The summed E-state index contributed by atoms with van der Waals surface area (Å²) in [5.41, 5.74) is 5.44. The van der Waals surface area contributed by atoms with Crippen molar-refractivity contribution in [2.45, 2.75) is 12.3 Å². The maximum atomic E-state index is 5.44. The molecule has 0 aliphatic rings. The minimum absolute atomic E-state index is 0.104. The van der Waals surface area contributed by atoms with Crippen molar-refractivity contribution in [2.75, 3.05) is 5.73 Å². The molecule has 1 atom stereocenters. The Morgan fingerprint density at radius 3 is 2.78 bits per heavy atom. The van der Waals surface area contributed by atoms with E-state index in [4.69, 9.17) is 5.73 Å². The molecule has 50 valence electrons. The molecule has 4 heteroatoms. The number of thiol groups is 1. The highest BCUT2D eigenvalue weighted by atomic mass is 32.1. The molecule has 0 fully saturated rings. The first-order valence-corrected chi connectivity index (χ1v) is 3.20. The normalized spacial score (nSPS) is 13.6. The van der Waals surface area contributed by atoms with Crippen LogP contribution in [0.5, 0.6) is 0 Å². The minimum Gasteiger partial charge on any atom is -0.369 e. The average Bonchev–Trinajstić information content (AvgIpc) is 2.13. The predicted molar refractivity (Wildman–Crippen MR) is 40.3 cm³/mol. The van der Waals surface area contributed by atoms with Crippen LogP contribution in [0.4, 0.5) is 5.95 Å². The van der Waals surface area contributed by atoms with Crippen molar-refractivity contribution in [1.29, 1.82) is 0 Å². The van der Waals surface area contributed by atoms with Crippen LogP contribution in [-0.2, 0) is 0 Å². The highest BCUT2D eigenvalue weighted by molar-refractivity contribution is 7.80. The van der Waals surface area contributed by atoms with Gasteiger partial charge in [-0.25, -0.2) is 4.98 Å². The van der Waals surface area contributed by atoms with E-state index in [1.54, 1.807) is 17.0 Å². The standard InChI is InChI=1S/C5H9N3S/c1-4(9)8-3-2-7-5(8)6/h2-4,9H,1H3,(H2,6,7). The summed E-state index contributed by atoms with van der Waals surface area (Å²) in [4.78, 5) is 3.83. The number of anilines is 1. The molecule has 0 radical (unpaired) electrons. The SMILES string of the molecule is CC(S)n1ccnc1N. The predicted octanol–water partition coefficient (Wildman–Crippen LogP) is 0.914. The van der Waals surface area contributed by atoms with Crippen molar-refractivity contribution in [1.82, 2.24) is 9.55 Å². The van der Waals surface area contributed by atoms with E-state index in [1.165, 1.54) is 0 Å². The van der Waals surface area contributed by atoms with Gasteiger partial charge in [0.2, 0.25) is 5.95 Å². The Labute approximate surface area is 59.3 Å². The lowest BCUT2D eigenvalue weighted by Crippen LogP contribution is -2.02. The van der Waals surface area contributed by atoms with E-state index in [2.05, 4.69) is 17.6 Å². The Morgan fingerprint density at radius 2 is 2.56 bits per heavy atom. The van der Waals surface area contributed by atoms with Crippen LogP contribution in [0, 0.1) is 0 Å². The third-order valence-electron chi connectivity index (χ3n) is 1.10. The second kappa shape index (κ2) is 2.31. The quantitative estimate of drug-likeness (QED) is 0.574. The van der Waals surface area contributed by atoms with Crippen molar-refractivity contribution in [3.05, 3.63) is 12.4 Å². The van der Waals surface area contributed by atoms with E-state index >= 15 is 0 Å². The van der Waals surface area contributed by atoms with Crippen molar-refractivity contribution in [2.24, 2.45) is 0 Å². The van der Waals surface area contributed by atoms with Gasteiger partial charge in [0, 0.05) is 12.4 Å². The molecule has 9 heavy (non-hydrogen) atoms. The molecule has 0 bridgehead atoms. The zero-order chi connectivity index (χ0) is 6.85. The monoisotopic (exact) mass is 143 g/mol. The van der Waals surface area contributed by atoms with Gasteiger partial charge in [0.25, 0.3) is 0 Å². The first-order valence-electron chi connectivity index (χ1n) is 2.68. The number of aromatic nitrogens is 2. The molecule has 1 aromatic rings. The van der Waals surface area contributed by atoms with Crippen LogP contribution in [0.1, 0.15) is 12.3 Å². The molecular formula is C5H9N3S. The Bertz CT molecular complexity index is 194. The maximum absolute atomic E-state index is 5.44. The van der Waals surface area contributed by atoms with Gasteiger partial charge in [-0.15, -0.1) is 0 Å². The lowest BCUT2D eigenvalue weighted by Gasteiger charge is -2.05.